The molecule has 1 aromatic rings. The van der Waals surface area contributed by atoms with E-state index in [1.54, 1.807) is 13.1 Å². The number of hydrogen-bond donors (Lipinski definition) is 1. The van der Waals surface area contributed by atoms with Gasteiger partial charge in [-0.2, -0.15) is 9.98 Å². The van der Waals surface area contributed by atoms with Crippen LogP contribution >= 0.6 is 0 Å². The molecule has 5 heteroatoms. The van der Waals surface area contributed by atoms with Crippen molar-refractivity contribution in [2.45, 2.75) is 0 Å². The molecule has 0 bridgehead atoms. The van der Waals surface area contributed by atoms with E-state index < -0.39 is 6.03 Å². The molecule has 0 aromatic carbocycles. The quantitative estimate of drug-likeness (QED) is 0.605. The molecule has 0 atom stereocenters. The van der Waals surface area contributed by atoms with E-state index in [0.717, 1.165) is 0 Å². The molecule has 12 heavy (non-hydrogen) atoms. The fraction of sp³-hybridized carbons (Fsp3) is 0.143. The van der Waals surface area contributed by atoms with Crippen molar-refractivity contribution in [1.29, 1.82) is 0 Å². The lowest BCUT2D eigenvalue weighted by atomic mass is 10.4. The number of nitrogens with one attached hydrogen (secondary N) is 1. The Morgan fingerprint density at radius 1 is 1.33 bits per heavy atom. The molecule has 60 valence electrons. The standard InChI is InChI=1S/C7H6N4O/c1-8-6-2-4-5(3-9-6)11-7(12)10-4/h2-3,8H,1H3. The summed E-state index contributed by atoms with van der Waals surface area (Å²) in [6.45, 7) is 0. The summed E-state index contributed by atoms with van der Waals surface area (Å²) in [6, 6.07) is 1.23. The molecule has 0 aliphatic carbocycles. The number of aromatic nitrogens is 1. The van der Waals surface area contributed by atoms with Crippen LogP contribution in [0.5, 0.6) is 0 Å². The second kappa shape index (κ2) is 2.37. The molecule has 0 unspecified atom stereocenters. The SMILES string of the molecule is CNc1cc2c(cn1)=NC(=O)N=2. The Kier molecular flexibility index (Phi) is 1.36. The smallest absolute Gasteiger partial charge is 0.368 e. The molecular formula is C7H6N4O. The van der Waals surface area contributed by atoms with E-state index in [0.29, 0.717) is 16.5 Å². The summed E-state index contributed by atoms with van der Waals surface area (Å²) in [4.78, 5) is 22.0. The Balaban J connectivity index is 2.72. The largest absolute Gasteiger partial charge is 0.373 e. The van der Waals surface area contributed by atoms with E-state index in [9.17, 15) is 4.79 Å². The van der Waals surface area contributed by atoms with Crippen molar-refractivity contribution in [2.24, 2.45) is 9.98 Å². The topological polar surface area (TPSA) is 66.7 Å². The Labute approximate surface area is 67.9 Å². The Bertz CT molecular complexity index is 451. The monoisotopic (exact) mass is 162 g/mol. The van der Waals surface area contributed by atoms with Crippen molar-refractivity contribution < 1.29 is 4.79 Å². The van der Waals surface area contributed by atoms with E-state index in [1.807, 2.05) is 0 Å². The maximum atomic E-state index is 10.7. The predicted molar refractivity (Wildman–Crippen MR) is 41.5 cm³/mol. The first-order chi connectivity index (χ1) is 5.79. The fourth-order valence-corrected chi connectivity index (χ4v) is 0.981. The Morgan fingerprint density at radius 2 is 2.08 bits per heavy atom. The number of rotatable bonds is 1. The molecule has 1 aromatic heterocycles. The minimum atomic E-state index is -0.458. The minimum Gasteiger partial charge on any atom is -0.373 e. The van der Waals surface area contributed by atoms with Gasteiger partial charge in [0.2, 0.25) is 0 Å². The van der Waals surface area contributed by atoms with Gasteiger partial charge in [0.1, 0.15) is 11.2 Å². The van der Waals surface area contributed by atoms with Crippen LogP contribution in [-0.2, 0) is 0 Å². The first-order valence-electron chi connectivity index (χ1n) is 3.45. The molecule has 1 aliphatic heterocycles. The van der Waals surface area contributed by atoms with Crippen LogP contribution in [0.15, 0.2) is 22.2 Å². The van der Waals surface area contributed by atoms with E-state index in [4.69, 9.17) is 0 Å². The van der Waals surface area contributed by atoms with Gasteiger partial charge in [0.05, 0.1) is 11.6 Å². The first-order valence-corrected chi connectivity index (χ1v) is 3.45. The van der Waals surface area contributed by atoms with Gasteiger partial charge in [0, 0.05) is 13.1 Å². The van der Waals surface area contributed by atoms with Gasteiger partial charge in [-0.05, 0) is 0 Å². The van der Waals surface area contributed by atoms with Crippen molar-refractivity contribution in [3.63, 3.8) is 0 Å². The maximum Gasteiger partial charge on any atom is 0.368 e. The zero-order valence-electron chi connectivity index (χ0n) is 6.40. The van der Waals surface area contributed by atoms with Crippen LogP contribution in [0.1, 0.15) is 0 Å². The maximum absolute atomic E-state index is 10.7. The molecule has 0 saturated heterocycles. The second-order valence-electron chi connectivity index (χ2n) is 2.31. The molecule has 0 saturated carbocycles. The van der Waals surface area contributed by atoms with Gasteiger partial charge in [-0.3, -0.25) is 0 Å². The zero-order valence-corrected chi connectivity index (χ0v) is 6.40. The normalized spacial score (nSPS) is 13.2. The average molecular weight is 162 g/mol. The van der Waals surface area contributed by atoms with Crippen LogP contribution in [-0.4, -0.2) is 18.1 Å². The van der Waals surface area contributed by atoms with Crippen LogP contribution in [0, 0.1) is 0 Å². The van der Waals surface area contributed by atoms with Crippen LogP contribution in [0.3, 0.4) is 0 Å². The molecule has 0 fully saturated rings. The van der Waals surface area contributed by atoms with Crippen molar-refractivity contribution >= 4 is 11.8 Å². The highest BCUT2D eigenvalue weighted by Gasteiger charge is 2.04. The van der Waals surface area contributed by atoms with Crippen molar-refractivity contribution in [2.75, 3.05) is 12.4 Å². The van der Waals surface area contributed by atoms with Gasteiger partial charge in [-0.15, -0.1) is 0 Å². The third kappa shape index (κ3) is 0.952. The van der Waals surface area contributed by atoms with E-state index in [-0.39, 0.29) is 0 Å². The summed E-state index contributed by atoms with van der Waals surface area (Å²) in [5.74, 6) is 0.683. The number of fused-ring (bicyclic) bond motifs is 1. The molecule has 5 nitrogen and oxygen atoms in total. The number of carbonyl (C=O) groups excluding carboxylic acids is 1. The summed E-state index contributed by atoms with van der Waals surface area (Å²) >= 11 is 0. The van der Waals surface area contributed by atoms with Crippen molar-refractivity contribution in [3.8, 4) is 0 Å². The van der Waals surface area contributed by atoms with Crippen LogP contribution in [0.25, 0.3) is 0 Å². The molecule has 0 radical (unpaired) electrons. The predicted octanol–water partition coefficient (Wildman–Crippen LogP) is -0.504. The van der Waals surface area contributed by atoms with Crippen molar-refractivity contribution in [1.82, 2.24) is 4.98 Å². The van der Waals surface area contributed by atoms with Gasteiger partial charge in [0.25, 0.3) is 0 Å². The number of amides is 2. The third-order valence-electron chi connectivity index (χ3n) is 1.55. The highest BCUT2D eigenvalue weighted by atomic mass is 16.2. The fourth-order valence-electron chi connectivity index (χ4n) is 0.981. The number of anilines is 1. The van der Waals surface area contributed by atoms with Gasteiger partial charge >= 0.3 is 6.03 Å². The zero-order chi connectivity index (χ0) is 8.55. The molecule has 2 amide bonds. The highest BCUT2D eigenvalue weighted by Crippen LogP contribution is 1.92. The van der Waals surface area contributed by atoms with E-state index >= 15 is 0 Å². The van der Waals surface area contributed by atoms with Crippen LogP contribution in [0.4, 0.5) is 10.6 Å². The lowest BCUT2D eigenvalue weighted by molar-refractivity contribution is 0.256. The molecular weight excluding hydrogens is 156 g/mol. The van der Waals surface area contributed by atoms with Crippen molar-refractivity contribution in [3.05, 3.63) is 23.0 Å². The van der Waals surface area contributed by atoms with Gasteiger partial charge in [-0.25, -0.2) is 9.78 Å². The minimum absolute atomic E-state index is 0.458. The van der Waals surface area contributed by atoms with Crippen LogP contribution < -0.4 is 16.0 Å². The summed E-state index contributed by atoms with van der Waals surface area (Å²) in [7, 11) is 1.75. The number of urea groups is 1. The highest BCUT2D eigenvalue weighted by molar-refractivity contribution is 5.77. The first kappa shape index (κ1) is 6.90. The number of carbonyl (C=O) groups is 1. The summed E-state index contributed by atoms with van der Waals surface area (Å²) in [5, 5.41) is 3.97. The average Bonchev–Trinajstić information content (AvgIpc) is 2.43. The van der Waals surface area contributed by atoms with E-state index in [1.165, 1.54) is 6.20 Å². The van der Waals surface area contributed by atoms with Gasteiger partial charge < -0.3 is 5.32 Å². The molecule has 2 heterocycles. The Morgan fingerprint density at radius 3 is 2.83 bits per heavy atom. The molecule has 1 N–H and O–H groups in total. The van der Waals surface area contributed by atoms with Gasteiger partial charge in [0.15, 0.2) is 0 Å². The summed E-state index contributed by atoms with van der Waals surface area (Å²) < 4.78 is 0. The molecule has 1 aliphatic rings. The summed E-state index contributed by atoms with van der Waals surface area (Å²) in [6.07, 6.45) is 1.52. The van der Waals surface area contributed by atoms with Gasteiger partial charge in [-0.1, -0.05) is 0 Å². The molecule has 0 spiro atoms. The van der Waals surface area contributed by atoms with Crippen LogP contribution in [0.2, 0.25) is 0 Å². The third-order valence-corrected chi connectivity index (χ3v) is 1.55. The second-order valence-corrected chi connectivity index (χ2v) is 2.31. The van der Waals surface area contributed by atoms with E-state index in [2.05, 4.69) is 20.3 Å². The molecule has 2 rings (SSSR count). The Hall–Kier alpha value is -1.78. The number of hydrogen-bond acceptors (Lipinski definition) is 3. The number of nitrogens with zero attached hydrogens (tertiary/aromatic N) is 3. The lowest BCUT2D eigenvalue weighted by Crippen LogP contribution is -2.22. The lowest BCUT2D eigenvalue weighted by Gasteiger charge is -1.93. The summed E-state index contributed by atoms with van der Waals surface area (Å²) in [5.41, 5.74) is 0. The number of pyridine rings is 1.